The van der Waals surface area contributed by atoms with Gasteiger partial charge in [-0.2, -0.15) is 0 Å². The van der Waals surface area contributed by atoms with Gasteiger partial charge in [-0.05, 0) is 61.2 Å². The first kappa shape index (κ1) is 18.6. The van der Waals surface area contributed by atoms with Gasteiger partial charge in [0.2, 0.25) is 0 Å². The van der Waals surface area contributed by atoms with Crippen LogP contribution in [0.25, 0.3) is 0 Å². The molecule has 2 aromatic rings. The van der Waals surface area contributed by atoms with Crippen LogP contribution in [0.5, 0.6) is 5.75 Å². The molecule has 2 N–H and O–H groups in total. The number of rotatable bonds is 6. The van der Waals surface area contributed by atoms with Gasteiger partial charge in [0, 0.05) is 16.8 Å². The number of ether oxygens (including phenoxy) is 1. The van der Waals surface area contributed by atoms with Gasteiger partial charge in [0.1, 0.15) is 12.4 Å². The van der Waals surface area contributed by atoms with Gasteiger partial charge in [-0.25, -0.2) is 13.6 Å². The Morgan fingerprint density at radius 2 is 1.70 bits per heavy atom. The number of hydrogen-bond donors (Lipinski definition) is 2. The van der Waals surface area contributed by atoms with E-state index in [1.165, 1.54) is 6.07 Å². The molecule has 0 heterocycles. The fourth-order valence-electron chi connectivity index (χ4n) is 2.87. The van der Waals surface area contributed by atoms with E-state index in [2.05, 4.69) is 5.32 Å². The smallest absolute Gasteiger partial charge is 0.332 e. The summed E-state index contributed by atoms with van der Waals surface area (Å²) < 4.78 is 31.6. The molecule has 0 spiro atoms. The molecule has 0 radical (unpaired) electrons. The van der Waals surface area contributed by atoms with Gasteiger partial charge >= 0.3 is 5.97 Å². The number of hydrogen-bond acceptors (Lipinski definition) is 3. The van der Waals surface area contributed by atoms with E-state index in [9.17, 15) is 18.4 Å². The van der Waals surface area contributed by atoms with Crippen molar-refractivity contribution < 1.29 is 28.2 Å². The zero-order valence-electron chi connectivity index (χ0n) is 14.3. The van der Waals surface area contributed by atoms with E-state index < -0.39 is 23.5 Å². The number of anilines is 1. The maximum Gasteiger partial charge on any atom is 0.332 e. The summed E-state index contributed by atoms with van der Waals surface area (Å²) in [5.41, 5.74) is 1.46. The van der Waals surface area contributed by atoms with Crippen molar-refractivity contribution >= 4 is 17.6 Å². The molecule has 1 amide bonds. The van der Waals surface area contributed by atoms with Crippen LogP contribution in [-0.4, -0.2) is 17.0 Å². The fraction of sp³-hybridized carbons (Fsp3) is 0.200. The quantitative estimate of drug-likeness (QED) is 0.801. The zero-order valence-corrected chi connectivity index (χ0v) is 14.3. The molecule has 0 unspecified atom stereocenters. The predicted molar refractivity (Wildman–Crippen MR) is 94.3 cm³/mol. The molecule has 0 fully saturated rings. The molecule has 0 atom stereocenters. The SMILES string of the molecule is O=C(O)C1=C(C(=O)Nc2ccc(OCc3ccc(F)c(F)c3)cc2)CCC1. The molecule has 7 heteroatoms. The highest BCUT2D eigenvalue weighted by molar-refractivity contribution is 6.09. The molecule has 0 aromatic heterocycles. The Hall–Kier alpha value is -3.22. The summed E-state index contributed by atoms with van der Waals surface area (Å²) in [6, 6.07) is 10.0. The van der Waals surface area contributed by atoms with Gasteiger partial charge in [-0.3, -0.25) is 4.79 Å². The number of benzene rings is 2. The Labute approximate surface area is 154 Å². The minimum atomic E-state index is -1.06. The standard InChI is InChI=1S/C20H17F2NO4/c21-17-9-4-12(10-18(17)22)11-27-14-7-5-13(6-8-14)23-19(24)15-2-1-3-16(15)20(25)26/h4-10H,1-3,11H2,(H,23,24)(H,25,26). The highest BCUT2D eigenvalue weighted by atomic mass is 19.2. The largest absolute Gasteiger partial charge is 0.489 e. The monoisotopic (exact) mass is 373 g/mol. The lowest BCUT2D eigenvalue weighted by Crippen LogP contribution is -2.16. The molecule has 3 rings (SSSR count). The number of carbonyl (C=O) groups excluding carboxylic acids is 1. The van der Waals surface area contributed by atoms with Crippen LogP contribution in [0.3, 0.4) is 0 Å². The topological polar surface area (TPSA) is 75.6 Å². The van der Waals surface area contributed by atoms with Crippen molar-refractivity contribution in [3.8, 4) is 5.75 Å². The summed E-state index contributed by atoms with van der Waals surface area (Å²) in [6.45, 7) is 0.0672. The normalized spacial score (nSPS) is 13.6. The summed E-state index contributed by atoms with van der Waals surface area (Å²) in [5, 5.41) is 11.8. The third kappa shape index (κ3) is 4.49. The van der Waals surface area contributed by atoms with E-state index in [1.54, 1.807) is 24.3 Å². The van der Waals surface area contributed by atoms with Crippen molar-refractivity contribution in [2.24, 2.45) is 0 Å². The molecule has 2 aromatic carbocycles. The molecule has 0 bridgehead atoms. The fourth-order valence-corrected chi connectivity index (χ4v) is 2.87. The Morgan fingerprint density at radius 1 is 1.00 bits per heavy atom. The lowest BCUT2D eigenvalue weighted by molar-refractivity contribution is -0.133. The first-order valence-electron chi connectivity index (χ1n) is 8.37. The number of aliphatic carboxylic acids is 1. The number of carboxylic acid groups (broad SMARTS) is 1. The van der Waals surface area contributed by atoms with Gasteiger partial charge in [0.25, 0.3) is 5.91 Å². The molecule has 140 valence electrons. The summed E-state index contributed by atoms with van der Waals surface area (Å²) in [7, 11) is 0. The molecule has 5 nitrogen and oxygen atoms in total. The van der Waals surface area contributed by atoms with E-state index in [1.807, 2.05) is 0 Å². The lowest BCUT2D eigenvalue weighted by Gasteiger charge is -2.09. The summed E-state index contributed by atoms with van der Waals surface area (Å²) in [5.74, 6) is -2.83. The number of carbonyl (C=O) groups is 2. The van der Waals surface area contributed by atoms with Gasteiger partial charge in [-0.1, -0.05) is 6.07 Å². The minimum Gasteiger partial charge on any atom is -0.489 e. The molecule has 0 saturated carbocycles. The maximum absolute atomic E-state index is 13.2. The highest BCUT2D eigenvalue weighted by Crippen LogP contribution is 2.27. The van der Waals surface area contributed by atoms with E-state index >= 15 is 0 Å². The van der Waals surface area contributed by atoms with E-state index in [-0.39, 0.29) is 12.2 Å². The minimum absolute atomic E-state index is 0.0672. The summed E-state index contributed by atoms with van der Waals surface area (Å²) in [4.78, 5) is 23.4. The van der Waals surface area contributed by atoms with Gasteiger partial charge in [0.05, 0.1) is 0 Å². The number of amides is 1. The average Bonchev–Trinajstić information content (AvgIpc) is 3.14. The molecule has 0 aliphatic heterocycles. The second kappa shape index (κ2) is 7.99. The zero-order chi connectivity index (χ0) is 19.4. The second-order valence-corrected chi connectivity index (χ2v) is 6.13. The summed E-state index contributed by atoms with van der Waals surface area (Å²) in [6.07, 6.45) is 1.50. The molecule has 1 aliphatic carbocycles. The van der Waals surface area contributed by atoms with Crippen LogP contribution < -0.4 is 10.1 Å². The van der Waals surface area contributed by atoms with Crippen LogP contribution >= 0.6 is 0 Å². The second-order valence-electron chi connectivity index (χ2n) is 6.13. The van der Waals surface area contributed by atoms with Crippen LogP contribution in [0.2, 0.25) is 0 Å². The lowest BCUT2D eigenvalue weighted by atomic mass is 10.1. The summed E-state index contributed by atoms with van der Waals surface area (Å²) >= 11 is 0. The van der Waals surface area contributed by atoms with Crippen LogP contribution in [0, 0.1) is 11.6 Å². The van der Waals surface area contributed by atoms with Crippen LogP contribution in [0.4, 0.5) is 14.5 Å². The Morgan fingerprint density at radius 3 is 2.37 bits per heavy atom. The number of nitrogens with one attached hydrogen (secondary N) is 1. The van der Waals surface area contributed by atoms with Crippen LogP contribution in [0.15, 0.2) is 53.6 Å². The number of halogens is 2. The molecule has 0 saturated heterocycles. The van der Waals surface area contributed by atoms with Crippen molar-refractivity contribution in [1.29, 1.82) is 0 Å². The Kier molecular flexibility index (Phi) is 5.49. The van der Waals surface area contributed by atoms with Gasteiger partial charge < -0.3 is 15.2 Å². The average molecular weight is 373 g/mol. The molecular weight excluding hydrogens is 356 g/mol. The van der Waals surface area contributed by atoms with Crippen molar-refractivity contribution in [1.82, 2.24) is 0 Å². The first-order chi connectivity index (χ1) is 12.9. The van der Waals surface area contributed by atoms with Crippen molar-refractivity contribution in [3.63, 3.8) is 0 Å². The molecule has 1 aliphatic rings. The van der Waals surface area contributed by atoms with Gasteiger partial charge in [0.15, 0.2) is 11.6 Å². The third-order valence-electron chi connectivity index (χ3n) is 4.25. The third-order valence-corrected chi connectivity index (χ3v) is 4.25. The Bertz CT molecular complexity index is 907. The number of carboxylic acids is 1. The van der Waals surface area contributed by atoms with E-state index in [0.29, 0.717) is 41.8 Å². The highest BCUT2D eigenvalue weighted by Gasteiger charge is 2.25. The van der Waals surface area contributed by atoms with Crippen LogP contribution in [0.1, 0.15) is 24.8 Å². The van der Waals surface area contributed by atoms with E-state index in [4.69, 9.17) is 9.84 Å². The maximum atomic E-state index is 13.2. The first-order valence-corrected chi connectivity index (χ1v) is 8.37. The van der Waals surface area contributed by atoms with Gasteiger partial charge in [-0.15, -0.1) is 0 Å². The molecular formula is C20H17F2NO4. The predicted octanol–water partition coefficient (Wildman–Crippen LogP) is 4.05. The van der Waals surface area contributed by atoms with E-state index in [0.717, 1.165) is 12.1 Å². The van der Waals surface area contributed by atoms with Crippen molar-refractivity contribution in [3.05, 3.63) is 70.8 Å². The van der Waals surface area contributed by atoms with Crippen LogP contribution in [-0.2, 0) is 16.2 Å². The Balaban J connectivity index is 1.60. The molecule has 27 heavy (non-hydrogen) atoms. The van der Waals surface area contributed by atoms with Crippen molar-refractivity contribution in [2.45, 2.75) is 25.9 Å². The van der Waals surface area contributed by atoms with Crippen molar-refractivity contribution in [2.75, 3.05) is 5.32 Å².